The molecule has 0 saturated heterocycles. The van der Waals surface area contributed by atoms with Gasteiger partial charge in [-0.1, -0.05) is 19.9 Å². The molecule has 156 valence electrons. The normalized spacial score (nSPS) is 17.7. The fourth-order valence-corrected chi connectivity index (χ4v) is 3.56. The molecule has 0 saturated carbocycles. The Morgan fingerprint density at radius 2 is 1.67 bits per heavy atom. The van der Waals surface area contributed by atoms with Crippen molar-refractivity contribution in [2.24, 2.45) is 0 Å². The van der Waals surface area contributed by atoms with Crippen molar-refractivity contribution < 1.29 is 33.4 Å². The number of esters is 2. The van der Waals surface area contributed by atoms with E-state index in [9.17, 15) is 19.2 Å². The molecule has 0 bridgehead atoms. The van der Waals surface area contributed by atoms with Crippen LogP contribution in [0.1, 0.15) is 65.5 Å². The molecule has 1 N–H and O–H groups in total. The molecule has 0 fully saturated rings. The molecule has 0 amide bonds. The molecule has 7 nitrogen and oxygen atoms in total. The average Bonchev–Trinajstić information content (AvgIpc) is 2.89. The fraction of sp³-hybridized carbons (Fsp3) is 0.304. The smallest absolute Gasteiger partial charge is 0.485 e. The Labute approximate surface area is 173 Å². The van der Waals surface area contributed by atoms with Crippen molar-refractivity contribution in [2.75, 3.05) is 7.11 Å². The Morgan fingerprint density at radius 3 is 2.23 bits per heavy atom. The first-order chi connectivity index (χ1) is 14.1. The van der Waals surface area contributed by atoms with Gasteiger partial charge in [0.1, 0.15) is 5.75 Å². The number of hydrogen-bond acceptors (Lipinski definition) is 6. The number of fused-ring (bicyclic) bond motifs is 1. The van der Waals surface area contributed by atoms with Crippen molar-refractivity contribution in [1.82, 2.24) is 0 Å². The second kappa shape index (κ2) is 7.74. The van der Waals surface area contributed by atoms with Crippen molar-refractivity contribution in [3.8, 4) is 11.5 Å². The highest BCUT2D eigenvalue weighted by Gasteiger charge is 2.60. The summed E-state index contributed by atoms with van der Waals surface area (Å²) in [5.74, 6) is -2.01. The number of ketones is 2. The van der Waals surface area contributed by atoms with E-state index in [1.54, 1.807) is 18.2 Å². The van der Waals surface area contributed by atoms with Crippen LogP contribution in [0.5, 0.6) is 11.5 Å². The molecule has 1 atom stereocenters. The van der Waals surface area contributed by atoms with Crippen LogP contribution in [0, 0.1) is 0 Å². The summed E-state index contributed by atoms with van der Waals surface area (Å²) in [6.07, 6.45) is 0. The first kappa shape index (κ1) is 21.2. The molecule has 7 heteroatoms. The minimum Gasteiger partial charge on any atom is -0.497 e. The van der Waals surface area contributed by atoms with Crippen molar-refractivity contribution in [1.29, 1.82) is 0 Å². The van der Waals surface area contributed by atoms with Crippen LogP contribution in [-0.2, 0) is 15.1 Å². The zero-order valence-electron chi connectivity index (χ0n) is 17.4. The van der Waals surface area contributed by atoms with E-state index >= 15 is 0 Å². The van der Waals surface area contributed by atoms with Crippen LogP contribution in [-0.4, -0.2) is 35.4 Å². The predicted octanol–water partition coefficient (Wildman–Crippen LogP) is 3.56. The Morgan fingerprint density at radius 1 is 1.00 bits per heavy atom. The number of rotatable bonds is 5. The highest BCUT2D eigenvalue weighted by atomic mass is 16.6. The molecule has 1 aliphatic rings. The number of Topliss-reactive ketones (excluding diaryl/α,β-unsaturated/α-hetero) is 2. The number of ether oxygens (including phenoxy) is 3. The summed E-state index contributed by atoms with van der Waals surface area (Å²) in [5.41, 5.74) is -1.15. The van der Waals surface area contributed by atoms with E-state index in [1.165, 1.54) is 32.2 Å². The summed E-state index contributed by atoms with van der Waals surface area (Å²) >= 11 is 0. The number of carbonyl (C=O) groups excluding carboxylic acids is 4. The van der Waals surface area contributed by atoms with Crippen LogP contribution >= 0.6 is 0 Å². The van der Waals surface area contributed by atoms with Gasteiger partial charge in [-0.25, -0.2) is 0 Å². The molecule has 1 aliphatic carbocycles. The molecule has 1 unspecified atom stereocenters. The van der Waals surface area contributed by atoms with Crippen LogP contribution in [0.25, 0.3) is 0 Å². The minimum absolute atomic E-state index is 0.0423. The second-order valence-electron chi connectivity index (χ2n) is 7.38. The number of hydrogen-bond donors (Lipinski definition) is 0. The van der Waals surface area contributed by atoms with Crippen LogP contribution in [0.4, 0.5) is 0 Å². The highest BCUT2D eigenvalue weighted by molar-refractivity contribution is 6.33. The monoisotopic (exact) mass is 411 g/mol. The number of benzene rings is 2. The lowest BCUT2D eigenvalue weighted by Crippen LogP contribution is -2.43. The molecule has 0 spiro atoms. The van der Waals surface area contributed by atoms with Gasteiger partial charge in [-0.3, -0.25) is 19.1 Å². The Bertz CT molecular complexity index is 1070. The average molecular weight is 411 g/mol. The van der Waals surface area contributed by atoms with E-state index in [4.69, 9.17) is 14.2 Å². The third-order valence-corrected chi connectivity index (χ3v) is 4.96. The van der Waals surface area contributed by atoms with Gasteiger partial charge in [0.15, 0.2) is 0 Å². The van der Waals surface area contributed by atoms with Crippen LogP contribution in [0.15, 0.2) is 36.4 Å². The molecule has 2 aromatic carbocycles. The van der Waals surface area contributed by atoms with E-state index in [0.717, 1.165) is 12.5 Å². The lowest BCUT2D eigenvalue weighted by atomic mass is 9.86. The molecule has 2 aromatic rings. The Hall–Kier alpha value is -3.48. The lowest BCUT2D eigenvalue weighted by molar-refractivity contribution is -0.149. The van der Waals surface area contributed by atoms with Gasteiger partial charge in [0, 0.05) is 24.1 Å². The lowest BCUT2D eigenvalue weighted by Gasteiger charge is -2.26. The summed E-state index contributed by atoms with van der Waals surface area (Å²) in [6.45, 7) is 6.37. The quantitative estimate of drug-likeness (QED) is 0.323. The van der Waals surface area contributed by atoms with E-state index in [2.05, 4.69) is 0 Å². The van der Waals surface area contributed by atoms with E-state index < -0.39 is 23.1 Å². The standard InChI is InChI=1S/C23H22O7/c1-12(2)15-6-9-19(20(10-15)29-13(3)24)23(30-14(4)25)21(26)17-8-7-16(28-5)11-18(17)22(23)27/h6-12H,1-5H3/p+1. The number of methoxy groups -OCH3 is 1. The Kier molecular flexibility index (Phi) is 5.48. The summed E-state index contributed by atoms with van der Waals surface area (Å²) < 4.78 is 16.0. The third-order valence-electron chi connectivity index (χ3n) is 4.96. The molecular weight excluding hydrogens is 388 g/mol. The summed E-state index contributed by atoms with van der Waals surface area (Å²) in [6, 6.07) is 9.33. The van der Waals surface area contributed by atoms with Crippen LogP contribution in [0.2, 0.25) is 0 Å². The van der Waals surface area contributed by atoms with Gasteiger partial charge in [0.25, 0.3) is 11.4 Å². The largest absolute Gasteiger partial charge is 0.497 e. The zero-order valence-corrected chi connectivity index (χ0v) is 17.4. The van der Waals surface area contributed by atoms with Gasteiger partial charge >= 0.3 is 11.9 Å². The van der Waals surface area contributed by atoms with Crippen molar-refractivity contribution in [2.45, 2.75) is 39.2 Å². The van der Waals surface area contributed by atoms with Crippen molar-refractivity contribution >= 4 is 23.5 Å². The van der Waals surface area contributed by atoms with Gasteiger partial charge in [-0.2, -0.15) is 0 Å². The first-order valence-electron chi connectivity index (χ1n) is 9.43. The van der Waals surface area contributed by atoms with Gasteiger partial charge in [-0.15, -0.1) is 0 Å². The van der Waals surface area contributed by atoms with Gasteiger partial charge < -0.3 is 14.3 Å². The van der Waals surface area contributed by atoms with Crippen LogP contribution in [0.3, 0.4) is 0 Å². The summed E-state index contributed by atoms with van der Waals surface area (Å²) in [7, 11) is 1.44. The topological polar surface area (TPSA) is 100 Å². The van der Waals surface area contributed by atoms with E-state index in [-0.39, 0.29) is 34.3 Å². The molecule has 3 rings (SSSR count). The highest BCUT2D eigenvalue weighted by Crippen LogP contribution is 2.46. The van der Waals surface area contributed by atoms with E-state index in [1.807, 2.05) is 13.8 Å². The first-order valence-corrected chi connectivity index (χ1v) is 9.43. The molecule has 0 aromatic heterocycles. The maximum atomic E-state index is 13.5. The maximum Gasteiger partial charge on any atom is 0.485 e. The SMILES string of the molecule is COc1ccc2c(c1)C(=O)C(OC(C)=O)(c1ccc(C(C)C)cc1OC(C)=[OH+])C2=O. The van der Waals surface area contributed by atoms with Gasteiger partial charge in [0.05, 0.1) is 19.6 Å². The maximum absolute atomic E-state index is 13.5. The number of carbonyl (C=O) groups is 3. The van der Waals surface area contributed by atoms with Gasteiger partial charge in [-0.05, 0) is 35.7 Å². The fourth-order valence-electron chi connectivity index (χ4n) is 3.56. The molecule has 0 aliphatic heterocycles. The Balaban J connectivity index is 2.30. The van der Waals surface area contributed by atoms with Crippen LogP contribution < -0.4 is 9.47 Å². The molecule has 30 heavy (non-hydrogen) atoms. The predicted molar refractivity (Wildman–Crippen MR) is 109 cm³/mol. The summed E-state index contributed by atoms with van der Waals surface area (Å²) in [4.78, 5) is 48.7. The third kappa shape index (κ3) is 3.36. The summed E-state index contributed by atoms with van der Waals surface area (Å²) in [5, 5.41) is 0. The second-order valence-corrected chi connectivity index (χ2v) is 7.38. The zero-order chi connectivity index (χ0) is 22.2. The molecule has 0 radical (unpaired) electrons. The van der Waals surface area contributed by atoms with Crippen molar-refractivity contribution in [3.63, 3.8) is 0 Å². The molecule has 0 heterocycles. The van der Waals surface area contributed by atoms with Crippen molar-refractivity contribution in [3.05, 3.63) is 58.7 Å². The molecular formula is C23H23O7+. The minimum atomic E-state index is -2.25. The van der Waals surface area contributed by atoms with Gasteiger partial charge in [0.2, 0.25) is 11.6 Å². The van der Waals surface area contributed by atoms with E-state index in [0.29, 0.717) is 5.75 Å².